The molecule has 0 aliphatic heterocycles. The van der Waals surface area contributed by atoms with Crippen molar-refractivity contribution in [3.63, 3.8) is 0 Å². The van der Waals surface area contributed by atoms with E-state index in [1.807, 2.05) is 6.08 Å². The van der Waals surface area contributed by atoms with Gasteiger partial charge in [-0.2, -0.15) is 0 Å². The second-order valence-electron chi connectivity index (χ2n) is 3.91. The Hall–Kier alpha value is -0.790. The average Bonchev–Trinajstić information content (AvgIpc) is 2.33. The highest BCUT2D eigenvalue weighted by molar-refractivity contribution is 6.44. The summed E-state index contributed by atoms with van der Waals surface area (Å²) in [6.45, 7) is 0. The van der Waals surface area contributed by atoms with Crippen LogP contribution in [0.4, 0.5) is 0 Å². The summed E-state index contributed by atoms with van der Waals surface area (Å²) in [5.41, 5.74) is 1.39. The molecule has 1 aromatic rings. The fourth-order valence-corrected chi connectivity index (χ4v) is 2.28. The predicted octanol–water partition coefficient (Wildman–Crippen LogP) is 4.68. The van der Waals surface area contributed by atoms with Crippen LogP contribution in [0.15, 0.2) is 29.8 Å². The maximum absolute atomic E-state index is 12.2. The molecule has 0 radical (unpaired) electrons. The molecule has 0 bridgehead atoms. The summed E-state index contributed by atoms with van der Waals surface area (Å²) in [5.74, 6) is 0.0206. The van der Waals surface area contributed by atoms with Crippen LogP contribution in [0.3, 0.4) is 0 Å². The van der Waals surface area contributed by atoms with Gasteiger partial charge in [-0.05, 0) is 43.4 Å². The number of allylic oxidation sites excluding steroid dienone is 2. The Morgan fingerprint density at radius 3 is 2.69 bits per heavy atom. The topological polar surface area (TPSA) is 17.1 Å². The zero-order valence-electron chi connectivity index (χ0n) is 8.80. The molecule has 0 amide bonds. The quantitative estimate of drug-likeness (QED) is 0.701. The fourth-order valence-electron chi connectivity index (χ4n) is 1.90. The van der Waals surface area contributed by atoms with Gasteiger partial charge in [0, 0.05) is 5.56 Å². The van der Waals surface area contributed by atoms with Gasteiger partial charge in [-0.25, -0.2) is 0 Å². The van der Waals surface area contributed by atoms with Crippen LogP contribution in [-0.2, 0) is 0 Å². The Labute approximate surface area is 105 Å². The van der Waals surface area contributed by atoms with Crippen LogP contribution in [0, 0.1) is 0 Å². The molecule has 0 aromatic heterocycles. The molecule has 0 unspecified atom stereocenters. The zero-order valence-corrected chi connectivity index (χ0v) is 10.3. The smallest absolute Gasteiger partial charge is 0.190 e. The monoisotopic (exact) mass is 254 g/mol. The summed E-state index contributed by atoms with van der Waals surface area (Å²) < 4.78 is 0. The van der Waals surface area contributed by atoms with E-state index in [9.17, 15) is 4.79 Å². The second kappa shape index (κ2) is 5.03. The lowest BCUT2D eigenvalue weighted by Crippen LogP contribution is -2.07. The minimum absolute atomic E-state index is 0.0206. The first kappa shape index (κ1) is 11.7. The fraction of sp³-hybridized carbons (Fsp3) is 0.308. The van der Waals surface area contributed by atoms with Gasteiger partial charge in [-0.3, -0.25) is 4.79 Å². The average molecular weight is 255 g/mol. The highest BCUT2D eigenvalue weighted by Crippen LogP contribution is 2.29. The number of benzene rings is 1. The van der Waals surface area contributed by atoms with Crippen molar-refractivity contribution in [1.29, 1.82) is 0 Å². The molecule has 0 heterocycles. The van der Waals surface area contributed by atoms with E-state index in [2.05, 4.69) is 0 Å². The number of carbonyl (C=O) groups excluding carboxylic acids is 1. The first-order valence-electron chi connectivity index (χ1n) is 5.38. The molecule has 0 fully saturated rings. The third kappa shape index (κ3) is 2.31. The third-order valence-corrected chi connectivity index (χ3v) is 3.60. The first-order valence-corrected chi connectivity index (χ1v) is 6.13. The van der Waals surface area contributed by atoms with Gasteiger partial charge in [0.2, 0.25) is 0 Å². The maximum Gasteiger partial charge on any atom is 0.190 e. The second-order valence-corrected chi connectivity index (χ2v) is 4.69. The molecule has 0 atom stereocenters. The summed E-state index contributed by atoms with van der Waals surface area (Å²) in [6, 6.07) is 5.17. The molecule has 2 rings (SSSR count). The number of carbonyl (C=O) groups is 1. The van der Waals surface area contributed by atoms with Crippen molar-refractivity contribution in [3.8, 4) is 0 Å². The highest BCUT2D eigenvalue weighted by atomic mass is 35.5. The van der Waals surface area contributed by atoms with Gasteiger partial charge >= 0.3 is 0 Å². The minimum atomic E-state index is 0.0206. The van der Waals surface area contributed by atoms with E-state index in [1.165, 1.54) is 6.42 Å². The van der Waals surface area contributed by atoms with E-state index < -0.39 is 0 Å². The lowest BCUT2D eigenvalue weighted by atomic mass is 9.93. The molecule has 3 heteroatoms. The summed E-state index contributed by atoms with van der Waals surface area (Å²) in [4.78, 5) is 12.2. The molecule has 0 N–H and O–H groups in total. The minimum Gasteiger partial charge on any atom is -0.289 e. The van der Waals surface area contributed by atoms with Crippen LogP contribution in [0.1, 0.15) is 36.0 Å². The van der Waals surface area contributed by atoms with Crippen molar-refractivity contribution in [2.45, 2.75) is 25.7 Å². The Morgan fingerprint density at radius 1 is 1.19 bits per heavy atom. The van der Waals surface area contributed by atoms with Gasteiger partial charge < -0.3 is 0 Å². The van der Waals surface area contributed by atoms with Crippen molar-refractivity contribution in [1.82, 2.24) is 0 Å². The third-order valence-electron chi connectivity index (χ3n) is 2.78. The van der Waals surface area contributed by atoms with Gasteiger partial charge in [0.15, 0.2) is 5.78 Å². The van der Waals surface area contributed by atoms with Crippen molar-refractivity contribution in [2.75, 3.05) is 0 Å². The van der Waals surface area contributed by atoms with Crippen LogP contribution >= 0.6 is 23.2 Å². The number of hydrogen-bond donors (Lipinski definition) is 0. The van der Waals surface area contributed by atoms with Crippen LogP contribution in [0.25, 0.3) is 0 Å². The van der Waals surface area contributed by atoms with E-state index >= 15 is 0 Å². The molecule has 0 saturated carbocycles. The number of ketones is 1. The largest absolute Gasteiger partial charge is 0.289 e. The van der Waals surface area contributed by atoms with E-state index in [4.69, 9.17) is 23.2 Å². The molecule has 1 aliphatic rings. The molecule has 1 aromatic carbocycles. The van der Waals surface area contributed by atoms with Crippen molar-refractivity contribution >= 4 is 29.0 Å². The van der Waals surface area contributed by atoms with Crippen molar-refractivity contribution < 1.29 is 4.79 Å². The Kier molecular flexibility index (Phi) is 3.67. The summed E-state index contributed by atoms with van der Waals surface area (Å²) in [5, 5.41) is 0.796. The molecule has 16 heavy (non-hydrogen) atoms. The van der Waals surface area contributed by atoms with E-state index in [1.54, 1.807) is 18.2 Å². The maximum atomic E-state index is 12.2. The number of halogens is 2. The first-order chi connectivity index (χ1) is 7.70. The highest BCUT2D eigenvalue weighted by Gasteiger charge is 2.17. The Morgan fingerprint density at radius 2 is 2.00 bits per heavy atom. The van der Waals surface area contributed by atoms with Gasteiger partial charge in [0.25, 0.3) is 0 Å². The molecular formula is C13H12Cl2O. The molecule has 0 spiro atoms. The van der Waals surface area contributed by atoms with Gasteiger partial charge in [0.1, 0.15) is 0 Å². The lowest BCUT2D eigenvalue weighted by Gasteiger charge is -2.12. The van der Waals surface area contributed by atoms with Crippen LogP contribution in [0.2, 0.25) is 10.0 Å². The lowest BCUT2D eigenvalue weighted by molar-refractivity contribution is 0.102. The standard InChI is InChI=1S/C13H12Cl2O/c14-11-8-4-7-10(12(11)15)13(16)9-5-2-1-3-6-9/h4-5,7-8H,1-3,6H2. The van der Waals surface area contributed by atoms with Crippen molar-refractivity contribution in [2.24, 2.45) is 0 Å². The van der Waals surface area contributed by atoms with Gasteiger partial charge in [-0.15, -0.1) is 0 Å². The molecule has 1 nitrogen and oxygen atoms in total. The van der Waals surface area contributed by atoms with Crippen LogP contribution in [-0.4, -0.2) is 5.78 Å². The Bertz CT molecular complexity index is 449. The van der Waals surface area contributed by atoms with E-state index in [-0.39, 0.29) is 5.78 Å². The Balaban J connectivity index is 2.33. The molecular weight excluding hydrogens is 243 g/mol. The van der Waals surface area contributed by atoms with E-state index in [0.29, 0.717) is 15.6 Å². The number of hydrogen-bond acceptors (Lipinski definition) is 1. The molecule has 84 valence electrons. The van der Waals surface area contributed by atoms with Crippen LogP contribution < -0.4 is 0 Å². The normalized spacial score (nSPS) is 15.8. The van der Waals surface area contributed by atoms with E-state index in [0.717, 1.165) is 24.8 Å². The van der Waals surface area contributed by atoms with Gasteiger partial charge in [0.05, 0.1) is 10.0 Å². The van der Waals surface area contributed by atoms with Crippen molar-refractivity contribution in [3.05, 3.63) is 45.5 Å². The molecule has 1 aliphatic carbocycles. The zero-order chi connectivity index (χ0) is 11.5. The van der Waals surface area contributed by atoms with Crippen LogP contribution in [0.5, 0.6) is 0 Å². The SMILES string of the molecule is O=C(C1=CCCCC1)c1cccc(Cl)c1Cl. The predicted molar refractivity (Wildman–Crippen MR) is 67.3 cm³/mol. The summed E-state index contributed by atoms with van der Waals surface area (Å²) >= 11 is 11.9. The number of rotatable bonds is 2. The summed E-state index contributed by atoms with van der Waals surface area (Å²) in [6.07, 6.45) is 6.10. The number of Topliss-reactive ketones (excluding diaryl/α,β-unsaturated/α-hetero) is 1. The van der Waals surface area contributed by atoms with Gasteiger partial charge in [-0.1, -0.05) is 35.3 Å². The summed E-state index contributed by atoms with van der Waals surface area (Å²) in [7, 11) is 0. The molecule has 0 saturated heterocycles.